The largest absolute Gasteiger partial charge is 0.458 e. The molecule has 0 aliphatic heterocycles. The van der Waals surface area contributed by atoms with E-state index >= 15 is 0 Å². The number of esters is 1. The number of nitrogens with two attached hydrogens (primary N) is 1. The number of hydrogen-bond acceptors (Lipinski definition) is 4. The molecule has 0 saturated heterocycles. The number of nitrogens with one attached hydrogen (secondary N) is 1. The number of carbonyl (C=O) groups is 2. The second-order valence-electron chi connectivity index (χ2n) is 5.55. The minimum Gasteiger partial charge on any atom is -0.458 e. The standard InChI is InChI=1S/C12H24N2O3/c1-7(2)9(14-10(15)8(3)13)11(16)17-12(4,5)6/h7-9H,13H2,1-6H3,(H,14,15)/t8-,9-/m0/s1. The molecule has 0 spiro atoms. The molecule has 3 N–H and O–H groups in total. The Kier molecular flexibility index (Phi) is 5.61. The molecule has 17 heavy (non-hydrogen) atoms. The van der Waals surface area contributed by atoms with Gasteiger partial charge in [-0.1, -0.05) is 13.8 Å². The molecule has 5 nitrogen and oxygen atoms in total. The molecule has 0 unspecified atom stereocenters. The van der Waals surface area contributed by atoms with Crippen molar-refractivity contribution < 1.29 is 14.3 Å². The third-order valence-corrected chi connectivity index (χ3v) is 2.04. The Hall–Kier alpha value is -1.10. The second kappa shape index (κ2) is 6.00. The van der Waals surface area contributed by atoms with Crippen LogP contribution in [0.3, 0.4) is 0 Å². The van der Waals surface area contributed by atoms with E-state index in [2.05, 4.69) is 5.32 Å². The molecule has 0 aromatic rings. The van der Waals surface area contributed by atoms with Crippen molar-refractivity contribution in [3.63, 3.8) is 0 Å². The molecule has 2 atom stereocenters. The van der Waals surface area contributed by atoms with Gasteiger partial charge in [-0.05, 0) is 33.6 Å². The molecule has 0 bridgehead atoms. The maximum atomic E-state index is 11.9. The van der Waals surface area contributed by atoms with Crippen LogP contribution in [-0.4, -0.2) is 29.6 Å². The lowest BCUT2D eigenvalue weighted by molar-refractivity contribution is -0.160. The zero-order chi connectivity index (χ0) is 13.8. The van der Waals surface area contributed by atoms with Gasteiger partial charge in [0, 0.05) is 0 Å². The van der Waals surface area contributed by atoms with Gasteiger partial charge in [-0.2, -0.15) is 0 Å². The van der Waals surface area contributed by atoms with Crippen LogP contribution in [0.5, 0.6) is 0 Å². The van der Waals surface area contributed by atoms with Crippen LogP contribution in [-0.2, 0) is 14.3 Å². The van der Waals surface area contributed by atoms with Gasteiger partial charge in [-0.3, -0.25) is 4.79 Å². The van der Waals surface area contributed by atoms with Crippen LogP contribution in [0, 0.1) is 5.92 Å². The zero-order valence-corrected chi connectivity index (χ0v) is 11.5. The lowest BCUT2D eigenvalue weighted by Gasteiger charge is -2.27. The smallest absolute Gasteiger partial charge is 0.329 e. The van der Waals surface area contributed by atoms with Crippen molar-refractivity contribution in [3.05, 3.63) is 0 Å². The Morgan fingerprint density at radius 2 is 1.65 bits per heavy atom. The van der Waals surface area contributed by atoms with Crippen LogP contribution >= 0.6 is 0 Å². The molecule has 0 saturated carbocycles. The predicted octanol–water partition coefficient (Wildman–Crippen LogP) is 0.816. The third kappa shape index (κ3) is 6.26. The molecule has 0 aromatic heterocycles. The average molecular weight is 244 g/mol. The third-order valence-electron chi connectivity index (χ3n) is 2.04. The van der Waals surface area contributed by atoms with Crippen molar-refractivity contribution >= 4 is 11.9 Å². The molecule has 0 radical (unpaired) electrons. The summed E-state index contributed by atoms with van der Waals surface area (Å²) in [6.07, 6.45) is 0. The number of carbonyl (C=O) groups excluding carboxylic acids is 2. The topological polar surface area (TPSA) is 81.4 Å². The summed E-state index contributed by atoms with van der Waals surface area (Å²) in [5.41, 5.74) is 4.88. The normalized spacial score (nSPS) is 15.3. The lowest BCUT2D eigenvalue weighted by Crippen LogP contribution is -2.51. The maximum absolute atomic E-state index is 11.9. The summed E-state index contributed by atoms with van der Waals surface area (Å²) in [7, 11) is 0. The summed E-state index contributed by atoms with van der Waals surface area (Å²) in [5.74, 6) is -0.830. The number of ether oxygens (including phenoxy) is 1. The fraction of sp³-hybridized carbons (Fsp3) is 0.833. The molecule has 5 heteroatoms. The molecule has 0 aromatic carbocycles. The van der Waals surface area contributed by atoms with E-state index in [0.717, 1.165) is 0 Å². The Labute approximate surface area is 103 Å². The van der Waals surface area contributed by atoms with Gasteiger partial charge in [-0.15, -0.1) is 0 Å². The van der Waals surface area contributed by atoms with Crippen molar-refractivity contribution in [3.8, 4) is 0 Å². The van der Waals surface area contributed by atoms with E-state index in [1.54, 1.807) is 27.7 Å². The monoisotopic (exact) mass is 244 g/mol. The quantitative estimate of drug-likeness (QED) is 0.717. The van der Waals surface area contributed by atoms with Crippen LogP contribution in [0.25, 0.3) is 0 Å². The van der Waals surface area contributed by atoms with E-state index in [1.807, 2.05) is 13.8 Å². The first kappa shape index (κ1) is 15.9. The number of amides is 1. The summed E-state index contributed by atoms with van der Waals surface area (Å²) in [4.78, 5) is 23.4. The first-order chi connectivity index (χ1) is 7.54. The number of rotatable bonds is 4. The van der Waals surface area contributed by atoms with Crippen molar-refractivity contribution in [2.75, 3.05) is 0 Å². The Morgan fingerprint density at radius 3 is 1.94 bits per heavy atom. The van der Waals surface area contributed by atoms with E-state index in [0.29, 0.717) is 0 Å². The summed E-state index contributed by atoms with van der Waals surface area (Å²) >= 11 is 0. The zero-order valence-electron chi connectivity index (χ0n) is 11.5. The highest BCUT2D eigenvalue weighted by Gasteiger charge is 2.29. The summed E-state index contributed by atoms with van der Waals surface area (Å²) < 4.78 is 5.25. The van der Waals surface area contributed by atoms with Gasteiger partial charge in [0.15, 0.2) is 0 Å². The Bertz CT molecular complexity index is 280. The Morgan fingerprint density at radius 1 is 1.18 bits per heavy atom. The van der Waals surface area contributed by atoms with Gasteiger partial charge in [-0.25, -0.2) is 4.79 Å². The fourth-order valence-electron chi connectivity index (χ4n) is 1.15. The highest BCUT2D eigenvalue weighted by atomic mass is 16.6. The molecular weight excluding hydrogens is 220 g/mol. The summed E-state index contributed by atoms with van der Waals surface area (Å²) in [6.45, 7) is 10.6. The van der Waals surface area contributed by atoms with Gasteiger partial charge in [0.25, 0.3) is 0 Å². The first-order valence-electron chi connectivity index (χ1n) is 5.83. The minimum atomic E-state index is -0.660. The average Bonchev–Trinajstić information content (AvgIpc) is 2.09. The van der Waals surface area contributed by atoms with E-state index in [9.17, 15) is 9.59 Å². The highest BCUT2D eigenvalue weighted by molar-refractivity contribution is 5.87. The molecule has 0 rings (SSSR count). The van der Waals surface area contributed by atoms with Crippen molar-refractivity contribution in [2.24, 2.45) is 11.7 Å². The first-order valence-corrected chi connectivity index (χ1v) is 5.83. The van der Waals surface area contributed by atoms with E-state index in [1.165, 1.54) is 0 Å². The summed E-state index contributed by atoms with van der Waals surface area (Å²) in [5, 5.41) is 2.60. The van der Waals surface area contributed by atoms with Crippen LogP contribution < -0.4 is 11.1 Å². The van der Waals surface area contributed by atoms with Gasteiger partial charge >= 0.3 is 5.97 Å². The lowest BCUT2D eigenvalue weighted by atomic mass is 10.0. The number of hydrogen-bond donors (Lipinski definition) is 2. The van der Waals surface area contributed by atoms with Crippen LogP contribution in [0.4, 0.5) is 0 Å². The van der Waals surface area contributed by atoms with Crippen LogP contribution in [0.1, 0.15) is 41.5 Å². The van der Waals surface area contributed by atoms with Crippen molar-refractivity contribution in [2.45, 2.75) is 59.2 Å². The fourth-order valence-corrected chi connectivity index (χ4v) is 1.15. The van der Waals surface area contributed by atoms with E-state index < -0.39 is 23.7 Å². The summed E-state index contributed by atoms with van der Waals surface area (Å²) in [6, 6.07) is -1.30. The van der Waals surface area contributed by atoms with E-state index in [-0.39, 0.29) is 11.8 Å². The van der Waals surface area contributed by atoms with E-state index in [4.69, 9.17) is 10.5 Å². The SMILES string of the molecule is CC(C)[C@H](NC(=O)[C@H](C)N)C(=O)OC(C)(C)C. The molecule has 0 fully saturated rings. The molecule has 0 aliphatic rings. The predicted molar refractivity (Wildman–Crippen MR) is 66.3 cm³/mol. The molecule has 1 amide bonds. The van der Waals surface area contributed by atoms with Crippen molar-refractivity contribution in [1.82, 2.24) is 5.32 Å². The maximum Gasteiger partial charge on any atom is 0.329 e. The second-order valence-corrected chi connectivity index (χ2v) is 5.55. The highest BCUT2D eigenvalue weighted by Crippen LogP contribution is 2.12. The Balaban J connectivity index is 4.64. The van der Waals surface area contributed by atoms with Gasteiger partial charge in [0.05, 0.1) is 6.04 Å². The van der Waals surface area contributed by atoms with Gasteiger partial charge in [0.1, 0.15) is 11.6 Å². The van der Waals surface area contributed by atoms with Crippen LogP contribution in [0.2, 0.25) is 0 Å². The molecule has 100 valence electrons. The minimum absolute atomic E-state index is 0.0486. The molecular formula is C12H24N2O3. The molecule has 0 aliphatic carbocycles. The van der Waals surface area contributed by atoms with Gasteiger partial charge < -0.3 is 15.8 Å². The van der Waals surface area contributed by atoms with Crippen molar-refractivity contribution in [1.29, 1.82) is 0 Å². The van der Waals surface area contributed by atoms with Gasteiger partial charge in [0.2, 0.25) is 5.91 Å². The molecule has 0 heterocycles. The van der Waals surface area contributed by atoms with Crippen LogP contribution in [0.15, 0.2) is 0 Å².